The van der Waals surface area contributed by atoms with Crippen molar-refractivity contribution < 1.29 is 9.53 Å². The minimum absolute atomic E-state index is 0.0116. The summed E-state index contributed by atoms with van der Waals surface area (Å²) in [6.07, 6.45) is 3.70. The lowest BCUT2D eigenvalue weighted by atomic mass is 10.00. The number of carbonyl (C=O) groups excluding carboxylic acids is 1. The van der Waals surface area contributed by atoms with Gasteiger partial charge in [-0.25, -0.2) is 4.79 Å². The molecular formula is C22H29N3O2. The van der Waals surface area contributed by atoms with E-state index in [1.807, 2.05) is 23.1 Å². The second-order valence-corrected chi connectivity index (χ2v) is 7.35. The number of nitrogens with one attached hydrogen (secondary N) is 1. The Morgan fingerprint density at radius 3 is 2.52 bits per heavy atom. The molecule has 2 amide bonds. The number of pyridine rings is 1. The number of hydrogen-bond donors (Lipinski definition) is 1. The molecule has 1 aromatic carbocycles. The Morgan fingerprint density at radius 1 is 1.19 bits per heavy atom. The smallest absolute Gasteiger partial charge is 0.317 e. The third kappa shape index (κ3) is 5.30. The van der Waals surface area contributed by atoms with Gasteiger partial charge in [0, 0.05) is 25.8 Å². The number of aryl methyl sites for hydroxylation is 3. The Hall–Kier alpha value is -2.40. The van der Waals surface area contributed by atoms with Gasteiger partial charge in [0.15, 0.2) is 0 Å². The van der Waals surface area contributed by atoms with E-state index in [0.717, 1.165) is 31.6 Å². The molecule has 1 fully saturated rings. The summed E-state index contributed by atoms with van der Waals surface area (Å²) in [5.41, 5.74) is 5.88. The van der Waals surface area contributed by atoms with Gasteiger partial charge in [0.1, 0.15) is 0 Å². The molecule has 2 heterocycles. The van der Waals surface area contributed by atoms with Crippen LogP contribution in [0, 0.1) is 20.8 Å². The number of aromatic nitrogens is 1. The number of benzene rings is 1. The summed E-state index contributed by atoms with van der Waals surface area (Å²) < 4.78 is 5.95. The molecule has 1 aliphatic rings. The maximum atomic E-state index is 12.5. The van der Waals surface area contributed by atoms with Crippen molar-refractivity contribution in [3.05, 3.63) is 64.5 Å². The van der Waals surface area contributed by atoms with Crippen LogP contribution in [0.5, 0.6) is 0 Å². The Bertz CT molecular complexity index is 745. The molecule has 1 aromatic heterocycles. The van der Waals surface area contributed by atoms with Gasteiger partial charge in [-0.05, 0) is 62.4 Å². The lowest BCUT2D eigenvalue weighted by Crippen LogP contribution is -2.45. The first-order chi connectivity index (χ1) is 13.0. The molecule has 3 rings (SSSR count). The van der Waals surface area contributed by atoms with Crippen molar-refractivity contribution >= 4 is 6.03 Å². The highest BCUT2D eigenvalue weighted by molar-refractivity contribution is 5.74. The van der Waals surface area contributed by atoms with E-state index >= 15 is 0 Å². The topological polar surface area (TPSA) is 54.5 Å². The van der Waals surface area contributed by atoms with E-state index in [-0.39, 0.29) is 12.1 Å². The lowest BCUT2D eigenvalue weighted by Gasteiger charge is -2.32. The predicted octanol–water partition coefficient (Wildman–Crippen LogP) is 3.90. The molecule has 0 saturated carbocycles. The van der Waals surface area contributed by atoms with Gasteiger partial charge >= 0.3 is 6.03 Å². The number of urea groups is 1. The van der Waals surface area contributed by atoms with Gasteiger partial charge < -0.3 is 15.0 Å². The largest absolute Gasteiger partial charge is 0.372 e. The van der Waals surface area contributed by atoms with Gasteiger partial charge in [-0.2, -0.15) is 0 Å². The average molecular weight is 367 g/mol. The van der Waals surface area contributed by atoms with Crippen LogP contribution in [0.3, 0.4) is 0 Å². The van der Waals surface area contributed by atoms with Crippen LogP contribution < -0.4 is 5.32 Å². The van der Waals surface area contributed by atoms with Crippen LogP contribution in [0.25, 0.3) is 0 Å². The Kier molecular flexibility index (Phi) is 6.45. The van der Waals surface area contributed by atoms with Crippen LogP contribution >= 0.6 is 0 Å². The Labute approximate surface area is 161 Å². The molecule has 0 atom stereocenters. The molecule has 0 radical (unpaired) electrons. The minimum Gasteiger partial charge on any atom is -0.372 e. The van der Waals surface area contributed by atoms with Crippen LogP contribution in [0.15, 0.2) is 36.5 Å². The number of carbonyl (C=O) groups is 1. The van der Waals surface area contributed by atoms with E-state index in [2.05, 4.69) is 43.2 Å². The number of piperidine rings is 1. The minimum atomic E-state index is 0.0116. The molecule has 2 aromatic rings. The summed E-state index contributed by atoms with van der Waals surface area (Å²) in [7, 11) is 0. The number of hydrogen-bond acceptors (Lipinski definition) is 3. The van der Waals surface area contributed by atoms with Gasteiger partial charge in [0.2, 0.25) is 0 Å². The second-order valence-electron chi connectivity index (χ2n) is 7.35. The van der Waals surface area contributed by atoms with Crippen molar-refractivity contribution in [1.29, 1.82) is 0 Å². The maximum Gasteiger partial charge on any atom is 0.317 e. The van der Waals surface area contributed by atoms with Gasteiger partial charge in [-0.15, -0.1) is 0 Å². The first kappa shape index (κ1) is 19.4. The molecule has 27 heavy (non-hydrogen) atoms. The summed E-state index contributed by atoms with van der Waals surface area (Å²) in [5, 5.41) is 3.08. The standard InChI is InChI=1S/C22H29N3O2/c1-16-12-17(2)21(18(3)13-16)14-24-22(26)25-10-7-20(8-11-25)27-15-19-6-4-5-9-23-19/h4-6,9,12-13,20H,7-8,10-11,14-15H2,1-3H3,(H,24,26). The molecule has 0 aliphatic carbocycles. The summed E-state index contributed by atoms with van der Waals surface area (Å²) in [5.74, 6) is 0. The van der Waals surface area contributed by atoms with Crippen molar-refractivity contribution in [3.8, 4) is 0 Å². The molecule has 1 saturated heterocycles. The number of rotatable bonds is 5. The van der Waals surface area contributed by atoms with E-state index < -0.39 is 0 Å². The van der Waals surface area contributed by atoms with E-state index in [1.54, 1.807) is 6.20 Å². The molecule has 1 aliphatic heterocycles. The molecule has 144 valence electrons. The summed E-state index contributed by atoms with van der Waals surface area (Å²) in [4.78, 5) is 18.7. The maximum absolute atomic E-state index is 12.5. The zero-order chi connectivity index (χ0) is 19.2. The van der Waals surface area contributed by atoms with Crippen LogP contribution in [-0.4, -0.2) is 35.1 Å². The van der Waals surface area contributed by atoms with Gasteiger partial charge in [-0.1, -0.05) is 23.8 Å². The second kappa shape index (κ2) is 9.00. The van der Waals surface area contributed by atoms with Crippen LogP contribution in [0.2, 0.25) is 0 Å². The molecule has 0 unspecified atom stereocenters. The van der Waals surface area contributed by atoms with Crippen molar-refractivity contribution in [2.24, 2.45) is 0 Å². The van der Waals surface area contributed by atoms with Crippen molar-refractivity contribution in [2.45, 2.75) is 52.9 Å². The van der Waals surface area contributed by atoms with Crippen molar-refractivity contribution in [3.63, 3.8) is 0 Å². The molecule has 1 N–H and O–H groups in total. The quantitative estimate of drug-likeness (QED) is 0.872. The average Bonchev–Trinajstić information content (AvgIpc) is 2.66. The predicted molar refractivity (Wildman–Crippen MR) is 107 cm³/mol. The first-order valence-corrected chi connectivity index (χ1v) is 9.64. The fraction of sp³-hybridized carbons (Fsp3) is 0.455. The van der Waals surface area contributed by atoms with E-state index in [9.17, 15) is 4.79 Å². The summed E-state index contributed by atoms with van der Waals surface area (Å²) in [6, 6.07) is 10.2. The van der Waals surface area contributed by atoms with Crippen LogP contribution in [0.1, 0.15) is 40.8 Å². The van der Waals surface area contributed by atoms with Crippen LogP contribution in [0.4, 0.5) is 4.79 Å². The molecule has 5 heteroatoms. The number of amides is 2. The molecule has 0 spiro atoms. The van der Waals surface area contributed by atoms with E-state index in [0.29, 0.717) is 13.2 Å². The third-order valence-corrected chi connectivity index (χ3v) is 5.18. The SMILES string of the molecule is Cc1cc(C)c(CNC(=O)N2CCC(OCc3ccccn3)CC2)c(C)c1. The first-order valence-electron chi connectivity index (χ1n) is 9.64. The normalized spacial score (nSPS) is 15.0. The lowest BCUT2D eigenvalue weighted by molar-refractivity contribution is 0.00305. The molecular weight excluding hydrogens is 338 g/mol. The highest BCUT2D eigenvalue weighted by Gasteiger charge is 2.23. The van der Waals surface area contributed by atoms with Crippen molar-refractivity contribution in [1.82, 2.24) is 15.2 Å². The highest BCUT2D eigenvalue weighted by atomic mass is 16.5. The number of likely N-dealkylation sites (tertiary alicyclic amines) is 1. The fourth-order valence-electron chi connectivity index (χ4n) is 3.68. The van der Waals surface area contributed by atoms with Crippen LogP contribution in [-0.2, 0) is 17.9 Å². The third-order valence-electron chi connectivity index (χ3n) is 5.18. The molecule has 0 bridgehead atoms. The highest BCUT2D eigenvalue weighted by Crippen LogP contribution is 2.18. The van der Waals surface area contributed by atoms with Gasteiger partial charge in [0.25, 0.3) is 0 Å². The summed E-state index contributed by atoms with van der Waals surface area (Å²) in [6.45, 7) is 8.87. The van der Waals surface area contributed by atoms with Crippen molar-refractivity contribution in [2.75, 3.05) is 13.1 Å². The zero-order valence-corrected chi connectivity index (χ0v) is 16.5. The number of nitrogens with zero attached hydrogens (tertiary/aromatic N) is 2. The van der Waals surface area contributed by atoms with E-state index in [4.69, 9.17) is 4.74 Å². The Morgan fingerprint density at radius 2 is 1.89 bits per heavy atom. The molecule has 5 nitrogen and oxygen atoms in total. The monoisotopic (exact) mass is 367 g/mol. The number of ether oxygens (including phenoxy) is 1. The van der Waals surface area contributed by atoms with Gasteiger partial charge in [0.05, 0.1) is 18.4 Å². The van der Waals surface area contributed by atoms with E-state index in [1.165, 1.54) is 22.3 Å². The zero-order valence-electron chi connectivity index (χ0n) is 16.5. The Balaban J connectivity index is 1.43. The summed E-state index contributed by atoms with van der Waals surface area (Å²) >= 11 is 0. The van der Waals surface area contributed by atoms with Gasteiger partial charge in [-0.3, -0.25) is 4.98 Å². The fourth-order valence-corrected chi connectivity index (χ4v) is 3.68.